The minimum absolute atomic E-state index is 0.722. The number of nitrogens with zero attached hydrogens (tertiary/aromatic N) is 2. The van der Waals surface area contributed by atoms with Gasteiger partial charge >= 0.3 is 0 Å². The van der Waals surface area contributed by atoms with Crippen LogP contribution in [0.15, 0.2) is 34.3 Å². The molecule has 1 aromatic carbocycles. The normalized spacial score (nSPS) is 16.8. The van der Waals surface area contributed by atoms with Crippen LogP contribution in [0.1, 0.15) is 30.4 Å². The molecule has 0 saturated carbocycles. The summed E-state index contributed by atoms with van der Waals surface area (Å²) in [7, 11) is 0. The van der Waals surface area contributed by atoms with Gasteiger partial charge in [-0.25, -0.2) is 9.98 Å². The lowest BCUT2D eigenvalue weighted by Gasteiger charge is -2.05. The van der Waals surface area contributed by atoms with Gasteiger partial charge in [0, 0.05) is 6.54 Å². The average molecular weight is 200 g/mol. The second-order valence-corrected chi connectivity index (χ2v) is 3.88. The lowest BCUT2D eigenvalue weighted by atomic mass is 10.0. The van der Waals surface area contributed by atoms with E-state index in [0.717, 1.165) is 19.5 Å². The van der Waals surface area contributed by atoms with Gasteiger partial charge in [0.1, 0.15) is 0 Å². The van der Waals surface area contributed by atoms with Crippen LogP contribution >= 0.6 is 0 Å². The molecule has 15 heavy (non-hydrogen) atoms. The Morgan fingerprint density at radius 3 is 2.73 bits per heavy atom. The SMILES string of the molecule is C1=NCCCCCc2ccccc2CN=1. The Kier molecular flexibility index (Phi) is 3.70. The Bertz CT molecular complexity index is 376. The van der Waals surface area contributed by atoms with Crippen molar-refractivity contribution in [1.82, 2.24) is 0 Å². The van der Waals surface area contributed by atoms with Gasteiger partial charge in [0.05, 0.1) is 12.6 Å². The maximum absolute atomic E-state index is 4.20. The molecule has 2 rings (SSSR count). The highest BCUT2D eigenvalue weighted by molar-refractivity contribution is 5.42. The van der Waals surface area contributed by atoms with Crippen molar-refractivity contribution in [1.29, 1.82) is 0 Å². The van der Waals surface area contributed by atoms with E-state index in [4.69, 9.17) is 0 Å². The van der Waals surface area contributed by atoms with Crippen LogP contribution in [-0.4, -0.2) is 12.6 Å². The summed E-state index contributed by atoms with van der Waals surface area (Å²) < 4.78 is 0. The Balaban J connectivity index is 2.20. The highest BCUT2D eigenvalue weighted by Gasteiger charge is 2.01. The molecule has 2 nitrogen and oxygen atoms in total. The summed E-state index contributed by atoms with van der Waals surface area (Å²) in [6, 6.07) is 11.3. The van der Waals surface area contributed by atoms with Crippen LogP contribution in [-0.2, 0) is 13.0 Å². The number of fused-ring (bicyclic) bond motifs is 1. The van der Waals surface area contributed by atoms with Gasteiger partial charge in [0.25, 0.3) is 0 Å². The molecule has 0 radical (unpaired) electrons. The number of rotatable bonds is 0. The van der Waals surface area contributed by atoms with E-state index >= 15 is 0 Å². The predicted octanol–water partition coefficient (Wildman–Crippen LogP) is 3.09. The molecule has 0 atom stereocenters. The maximum Gasteiger partial charge on any atom is 0.0896 e. The minimum atomic E-state index is 0.722. The molecule has 0 fully saturated rings. The highest BCUT2D eigenvalue weighted by Crippen LogP contribution is 2.14. The number of benzene rings is 1. The highest BCUT2D eigenvalue weighted by atomic mass is 14.8. The monoisotopic (exact) mass is 200 g/mol. The van der Waals surface area contributed by atoms with Crippen molar-refractivity contribution in [3.05, 3.63) is 35.4 Å². The molecule has 0 bridgehead atoms. The first-order chi connectivity index (χ1) is 7.47. The van der Waals surface area contributed by atoms with Gasteiger partial charge < -0.3 is 0 Å². The van der Waals surface area contributed by atoms with E-state index in [0.29, 0.717) is 0 Å². The molecular weight excluding hydrogens is 184 g/mol. The Morgan fingerprint density at radius 2 is 1.80 bits per heavy atom. The molecule has 0 unspecified atom stereocenters. The lowest BCUT2D eigenvalue weighted by Crippen LogP contribution is -1.93. The van der Waals surface area contributed by atoms with Gasteiger partial charge in [-0.1, -0.05) is 30.7 Å². The quantitative estimate of drug-likeness (QED) is 0.615. The van der Waals surface area contributed by atoms with E-state index in [-0.39, 0.29) is 0 Å². The van der Waals surface area contributed by atoms with Crippen molar-refractivity contribution < 1.29 is 0 Å². The van der Waals surface area contributed by atoms with E-state index < -0.39 is 0 Å². The third-order valence-corrected chi connectivity index (χ3v) is 2.73. The van der Waals surface area contributed by atoms with Crippen LogP contribution < -0.4 is 0 Å². The third-order valence-electron chi connectivity index (χ3n) is 2.73. The molecule has 78 valence electrons. The molecule has 1 aliphatic heterocycles. The zero-order valence-electron chi connectivity index (χ0n) is 8.95. The zero-order chi connectivity index (χ0) is 10.3. The first-order valence-corrected chi connectivity index (χ1v) is 5.61. The summed E-state index contributed by atoms with van der Waals surface area (Å²) in [6.45, 7) is 1.60. The van der Waals surface area contributed by atoms with E-state index in [1.165, 1.54) is 30.4 Å². The van der Waals surface area contributed by atoms with E-state index in [1.807, 2.05) is 0 Å². The molecule has 1 heterocycles. The first-order valence-electron chi connectivity index (χ1n) is 5.61. The Morgan fingerprint density at radius 1 is 0.933 bits per heavy atom. The van der Waals surface area contributed by atoms with Crippen LogP contribution in [0.5, 0.6) is 0 Å². The molecular formula is C13H16N2. The predicted molar refractivity (Wildman–Crippen MR) is 62.4 cm³/mol. The summed E-state index contributed by atoms with van der Waals surface area (Å²) >= 11 is 0. The summed E-state index contributed by atoms with van der Waals surface area (Å²) in [4.78, 5) is 8.33. The molecule has 0 aliphatic carbocycles. The van der Waals surface area contributed by atoms with Gasteiger partial charge in [-0.05, 0) is 30.4 Å². The van der Waals surface area contributed by atoms with Crippen molar-refractivity contribution >= 4 is 6.01 Å². The third kappa shape index (κ3) is 3.03. The summed E-state index contributed by atoms with van der Waals surface area (Å²) in [5.41, 5.74) is 2.76. The molecule has 2 heteroatoms. The van der Waals surface area contributed by atoms with Crippen LogP contribution in [0.2, 0.25) is 0 Å². The Hall–Kier alpha value is -1.40. The van der Waals surface area contributed by atoms with Gasteiger partial charge in [-0.15, -0.1) is 0 Å². The molecule has 0 amide bonds. The van der Waals surface area contributed by atoms with E-state index in [1.54, 1.807) is 0 Å². The molecule has 0 spiro atoms. The van der Waals surface area contributed by atoms with Crippen molar-refractivity contribution in [3.63, 3.8) is 0 Å². The average Bonchev–Trinajstić information content (AvgIpc) is 2.32. The van der Waals surface area contributed by atoms with Crippen molar-refractivity contribution in [2.45, 2.75) is 32.2 Å². The van der Waals surface area contributed by atoms with Crippen LogP contribution in [0.25, 0.3) is 0 Å². The summed E-state index contributed by atoms with van der Waals surface area (Å²) in [5, 5.41) is 0. The van der Waals surface area contributed by atoms with Crippen molar-refractivity contribution in [3.8, 4) is 0 Å². The Labute approximate surface area is 90.8 Å². The lowest BCUT2D eigenvalue weighted by molar-refractivity contribution is 0.687. The molecule has 1 aliphatic rings. The molecule has 0 saturated heterocycles. The molecule has 0 N–H and O–H groups in total. The fraction of sp³-hybridized carbons (Fsp3) is 0.462. The number of hydrogen-bond acceptors (Lipinski definition) is 2. The smallest absolute Gasteiger partial charge is 0.0896 e. The zero-order valence-corrected chi connectivity index (χ0v) is 8.95. The van der Waals surface area contributed by atoms with Crippen LogP contribution in [0.4, 0.5) is 0 Å². The number of aryl methyl sites for hydroxylation is 1. The standard InChI is InChI=1S/C13H16N2/c1-2-6-12-7-3-4-8-13(12)10-15-11-14-9-5-1/h3-4,7-8H,1-2,5-6,9-10H2. The summed E-state index contributed by atoms with van der Waals surface area (Å²) in [5.74, 6) is 0. The minimum Gasteiger partial charge on any atom is -0.226 e. The van der Waals surface area contributed by atoms with Gasteiger partial charge in [0.2, 0.25) is 0 Å². The summed E-state index contributed by atoms with van der Waals surface area (Å²) in [6.07, 6.45) is 4.84. The van der Waals surface area contributed by atoms with Gasteiger partial charge in [-0.3, -0.25) is 0 Å². The number of aliphatic imine (C=N–C) groups is 2. The van der Waals surface area contributed by atoms with Crippen LogP contribution in [0, 0.1) is 0 Å². The topological polar surface area (TPSA) is 24.7 Å². The molecule has 1 aromatic rings. The van der Waals surface area contributed by atoms with Crippen molar-refractivity contribution in [2.24, 2.45) is 9.98 Å². The van der Waals surface area contributed by atoms with Crippen molar-refractivity contribution in [2.75, 3.05) is 6.54 Å². The largest absolute Gasteiger partial charge is 0.226 e. The fourth-order valence-electron chi connectivity index (χ4n) is 1.86. The first kappa shape index (κ1) is 10.1. The van der Waals surface area contributed by atoms with E-state index in [9.17, 15) is 0 Å². The number of hydrogen-bond donors (Lipinski definition) is 0. The fourth-order valence-corrected chi connectivity index (χ4v) is 1.86. The van der Waals surface area contributed by atoms with E-state index in [2.05, 4.69) is 40.3 Å². The second-order valence-electron chi connectivity index (χ2n) is 3.88. The molecule has 0 aromatic heterocycles. The van der Waals surface area contributed by atoms with Gasteiger partial charge in [-0.2, -0.15) is 0 Å². The second kappa shape index (κ2) is 5.47. The maximum atomic E-state index is 4.20. The van der Waals surface area contributed by atoms with Gasteiger partial charge in [0.15, 0.2) is 0 Å². The van der Waals surface area contributed by atoms with Crippen LogP contribution in [0.3, 0.4) is 0 Å².